The number of fused-ring (bicyclic) bond motifs is 1. The van der Waals surface area contributed by atoms with E-state index in [4.69, 9.17) is 0 Å². The summed E-state index contributed by atoms with van der Waals surface area (Å²) in [5.74, 6) is -3.61. The van der Waals surface area contributed by atoms with Gasteiger partial charge < -0.3 is 20.2 Å². The lowest BCUT2D eigenvalue weighted by Gasteiger charge is -2.35. The average molecular weight is 475 g/mol. The van der Waals surface area contributed by atoms with Crippen LogP contribution in [0.2, 0.25) is 0 Å². The molecule has 2 fully saturated rings. The number of aliphatic imine (C=N–C) groups is 1. The Bertz CT molecular complexity index is 1040. The number of phenols is 2. The number of nitrogens with zero attached hydrogens (tertiary/aromatic N) is 2. The maximum atomic E-state index is 12.7. The Kier molecular flexibility index (Phi) is 4.74. The summed E-state index contributed by atoms with van der Waals surface area (Å²) in [4.78, 5) is 40.3. The van der Waals surface area contributed by atoms with Crippen molar-refractivity contribution in [2.75, 3.05) is 6.54 Å². The summed E-state index contributed by atoms with van der Waals surface area (Å²) >= 11 is 3.07. The van der Waals surface area contributed by atoms with Gasteiger partial charge in [-0.2, -0.15) is 0 Å². The Balaban J connectivity index is 1.88. The van der Waals surface area contributed by atoms with E-state index in [2.05, 4.69) is 20.9 Å². The summed E-state index contributed by atoms with van der Waals surface area (Å²) in [5, 5.41) is 27.2. The molecule has 2 saturated heterocycles. The minimum absolute atomic E-state index is 0.000615. The van der Waals surface area contributed by atoms with Crippen LogP contribution in [-0.2, 0) is 19.4 Å². The van der Waals surface area contributed by atoms with E-state index in [1.54, 1.807) is 0 Å². The van der Waals surface area contributed by atoms with Crippen LogP contribution < -0.4 is 0 Å². The second-order valence-electron chi connectivity index (χ2n) is 6.64. The molecule has 0 aromatic heterocycles. The zero-order valence-corrected chi connectivity index (χ0v) is 16.8. The quantitative estimate of drug-likeness (QED) is 0.237. The predicted molar refractivity (Wildman–Crippen MR) is 99.2 cm³/mol. The monoisotopic (exact) mass is 474 g/mol. The van der Waals surface area contributed by atoms with Crippen molar-refractivity contribution in [2.45, 2.75) is 29.5 Å². The number of amides is 1. The number of β-lactam (4-membered cyclic amide) rings is 1. The highest BCUT2D eigenvalue weighted by molar-refractivity contribution is 9.10. The number of benzene rings is 1. The third-order valence-electron chi connectivity index (χ3n) is 4.92. The summed E-state index contributed by atoms with van der Waals surface area (Å²) < 4.78 is 23.6. The molecule has 0 unspecified atom stereocenters. The minimum Gasteiger partial charge on any atom is -0.504 e. The van der Waals surface area contributed by atoms with E-state index in [1.807, 2.05) is 0 Å². The standard InChI is InChI=1S/C16H15BrN2O8S/c1-16(14(15(24)25)19-12(23)4-13(19)28(16,26)27)6-18-5-11(22)7-2-9(20)10(21)3-8(7)17/h2-3,6,13-14,20-21H,4-5H2,1H3,(H,24,25)/t13-,14+,16+/m1/s1. The number of aromatic hydroxyl groups is 2. The molecule has 0 radical (unpaired) electrons. The highest BCUT2D eigenvalue weighted by Crippen LogP contribution is 2.45. The number of carboxylic acids is 1. The van der Waals surface area contributed by atoms with E-state index in [1.165, 1.54) is 0 Å². The molecule has 3 rings (SSSR count). The van der Waals surface area contributed by atoms with Crippen molar-refractivity contribution in [2.24, 2.45) is 4.99 Å². The first-order valence-electron chi connectivity index (χ1n) is 7.95. The van der Waals surface area contributed by atoms with E-state index in [-0.39, 0.29) is 16.5 Å². The van der Waals surface area contributed by atoms with Crippen LogP contribution in [0.4, 0.5) is 0 Å². The van der Waals surface area contributed by atoms with Gasteiger partial charge in [-0.1, -0.05) is 0 Å². The van der Waals surface area contributed by atoms with E-state index >= 15 is 0 Å². The minimum atomic E-state index is -4.06. The summed E-state index contributed by atoms with van der Waals surface area (Å²) in [7, 11) is -4.06. The van der Waals surface area contributed by atoms with Crippen molar-refractivity contribution in [1.29, 1.82) is 0 Å². The van der Waals surface area contributed by atoms with Crippen LogP contribution >= 0.6 is 15.9 Å². The molecule has 2 heterocycles. The van der Waals surface area contributed by atoms with E-state index in [0.717, 1.165) is 30.2 Å². The van der Waals surface area contributed by atoms with Crippen LogP contribution in [0.15, 0.2) is 21.6 Å². The molecule has 1 aromatic carbocycles. The Morgan fingerprint density at radius 3 is 2.54 bits per heavy atom. The van der Waals surface area contributed by atoms with Crippen molar-refractivity contribution < 1.29 is 38.1 Å². The van der Waals surface area contributed by atoms with Crippen LogP contribution in [0.5, 0.6) is 11.5 Å². The van der Waals surface area contributed by atoms with Gasteiger partial charge in [-0.15, -0.1) is 0 Å². The van der Waals surface area contributed by atoms with Gasteiger partial charge in [0.25, 0.3) is 0 Å². The summed E-state index contributed by atoms with van der Waals surface area (Å²) in [6.45, 7) is 0.627. The number of phenolic OH excluding ortho intramolecular Hbond substituents is 2. The van der Waals surface area contributed by atoms with E-state index < -0.39 is 61.7 Å². The van der Waals surface area contributed by atoms with Crippen molar-refractivity contribution in [1.82, 2.24) is 4.90 Å². The number of carboxylic acid groups (broad SMARTS) is 1. The zero-order valence-electron chi connectivity index (χ0n) is 14.4. The highest BCUT2D eigenvalue weighted by Gasteiger charge is 2.69. The number of carbonyl (C=O) groups is 3. The molecule has 0 bridgehead atoms. The van der Waals surface area contributed by atoms with E-state index in [0.29, 0.717) is 0 Å². The molecule has 1 amide bonds. The van der Waals surface area contributed by atoms with Gasteiger partial charge in [-0.05, 0) is 35.0 Å². The molecule has 2 aliphatic heterocycles. The van der Waals surface area contributed by atoms with Crippen LogP contribution in [0, 0.1) is 0 Å². The van der Waals surface area contributed by atoms with E-state index in [9.17, 15) is 38.1 Å². The van der Waals surface area contributed by atoms with Gasteiger partial charge >= 0.3 is 5.97 Å². The fourth-order valence-electron chi connectivity index (χ4n) is 3.36. The SMILES string of the molecule is C[C@]1(C=NCC(=O)c2cc(O)c(O)cc2Br)[C@H](C(=O)O)N2C(=O)C[C@H]2S1(=O)=O. The van der Waals surface area contributed by atoms with Crippen molar-refractivity contribution >= 4 is 49.6 Å². The first-order valence-corrected chi connectivity index (χ1v) is 10.3. The van der Waals surface area contributed by atoms with Crippen LogP contribution in [0.3, 0.4) is 0 Å². The number of carbonyl (C=O) groups excluding carboxylic acids is 2. The largest absolute Gasteiger partial charge is 0.504 e. The highest BCUT2D eigenvalue weighted by atomic mass is 79.9. The molecule has 10 nitrogen and oxygen atoms in total. The Labute approximate surface area is 167 Å². The number of aliphatic carboxylic acids is 1. The number of ketones is 1. The van der Waals surface area contributed by atoms with Gasteiger partial charge in [-0.3, -0.25) is 14.6 Å². The lowest BCUT2D eigenvalue weighted by molar-refractivity contribution is -0.156. The lowest BCUT2D eigenvalue weighted by Crippen LogP contribution is -2.57. The molecule has 0 spiro atoms. The fraction of sp³-hybridized carbons (Fsp3) is 0.375. The number of hydrogen-bond donors (Lipinski definition) is 3. The number of rotatable bonds is 5. The smallest absolute Gasteiger partial charge is 0.328 e. The molecular formula is C16H15BrN2O8S. The zero-order chi connectivity index (χ0) is 21.0. The number of halogens is 1. The molecule has 28 heavy (non-hydrogen) atoms. The first-order chi connectivity index (χ1) is 12.9. The Morgan fingerprint density at radius 2 is 1.96 bits per heavy atom. The molecule has 12 heteroatoms. The number of hydrogen-bond acceptors (Lipinski definition) is 8. The molecule has 3 atom stereocenters. The third kappa shape index (κ3) is 2.78. The molecule has 1 aromatic rings. The maximum Gasteiger partial charge on any atom is 0.328 e. The molecule has 2 aliphatic rings. The van der Waals surface area contributed by atoms with Gasteiger partial charge in [0.05, 0.1) is 6.42 Å². The Morgan fingerprint density at radius 1 is 1.36 bits per heavy atom. The summed E-state index contributed by atoms with van der Waals surface area (Å²) in [6.07, 6.45) is 0.604. The predicted octanol–water partition coefficient (Wildman–Crippen LogP) is 0.312. The summed E-state index contributed by atoms with van der Waals surface area (Å²) in [5.41, 5.74) is 0.000615. The molecular weight excluding hydrogens is 460 g/mol. The van der Waals surface area contributed by atoms with Gasteiger partial charge in [-0.25, -0.2) is 13.2 Å². The second kappa shape index (κ2) is 6.55. The molecule has 3 N–H and O–H groups in total. The fourth-order valence-corrected chi connectivity index (χ4v) is 6.15. The first kappa shape index (κ1) is 20.3. The van der Waals surface area contributed by atoms with Crippen LogP contribution in [0.1, 0.15) is 23.7 Å². The van der Waals surface area contributed by atoms with Crippen molar-refractivity contribution in [3.63, 3.8) is 0 Å². The van der Waals surface area contributed by atoms with Crippen LogP contribution in [0.25, 0.3) is 0 Å². The molecule has 150 valence electrons. The van der Waals surface area contributed by atoms with Crippen molar-refractivity contribution in [3.8, 4) is 11.5 Å². The second-order valence-corrected chi connectivity index (χ2v) is 10.0. The number of Topliss-reactive ketones (excluding diaryl/α,β-unsaturated/α-hetero) is 1. The van der Waals surface area contributed by atoms with Gasteiger partial charge in [0.15, 0.2) is 33.2 Å². The molecule has 0 aliphatic carbocycles. The van der Waals surface area contributed by atoms with Crippen molar-refractivity contribution in [3.05, 3.63) is 22.2 Å². The number of sulfone groups is 1. The third-order valence-corrected chi connectivity index (χ3v) is 8.24. The average Bonchev–Trinajstić information content (AvgIpc) is 2.72. The topological polar surface area (TPSA) is 162 Å². The lowest BCUT2D eigenvalue weighted by atomic mass is 9.97. The maximum absolute atomic E-state index is 12.7. The van der Waals surface area contributed by atoms with Gasteiger partial charge in [0.1, 0.15) is 16.7 Å². The van der Waals surface area contributed by atoms with Gasteiger partial charge in [0, 0.05) is 16.3 Å². The molecule has 0 saturated carbocycles. The summed E-state index contributed by atoms with van der Waals surface area (Å²) in [6, 6.07) is 0.509. The normalized spacial score (nSPS) is 28.2. The Hall–Kier alpha value is -2.47. The van der Waals surface area contributed by atoms with Crippen LogP contribution in [-0.4, -0.2) is 75.2 Å². The van der Waals surface area contributed by atoms with Gasteiger partial charge in [0.2, 0.25) is 5.91 Å².